The van der Waals surface area contributed by atoms with E-state index in [2.05, 4.69) is 41.4 Å². The minimum atomic E-state index is 0.103. The molecule has 1 heterocycles. The first kappa shape index (κ1) is 19.9. The number of amides is 2. The lowest BCUT2D eigenvalue weighted by atomic mass is 9.87. The molecule has 1 atom stereocenters. The van der Waals surface area contributed by atoms with E-state index >= 15 is 0 Å². The maximum Gasteiger partial charge on any atom is 0.237 e. The Labute approximate surface area is 163 Å². The number of hydrogen-bond acceptors (Lipinski definition) is 3. The van der Waals surface area contributed by atoms with Gasteiger partial charge in [-0.25, -0.2) is 0 Å². The predicted octanol–water partition coefficient (Wildman–Crippen LogP) is 2.76. The van der Waals surface area contributed by atoms with Crippen molar-refractivity contribution in [2.45, 2.75) is 51.5 Å². The minimum absolute atomic E-state index is 0.103. The van der Waals surface area contributed by atoms with Crippen molar-refractivity contribution in [3.05, 3.63) is 35.4 Å². The lowest BCUT2D eigenvalue weighted by Crippen LogP contribution is -2.45. The number of nitrogens with zero attached hydrogens (tertiary/aromatic N) is 2. The van der Waals surface area contributed by atoms with Crippen LogP contribution in [0.4, 0.5) is 0 Å². The van der Waals surface area contributed by atoms with E-state index in [1.165, 1.54) is 11.1 Å². The number of carbonyl (C=O) groups excluding carboxylic acids is 2. The molecule has 1 unspecified atom stereocenters. The van der Waals surface area contributed by atoms with Crippen LogP contribution in [0.1, 0.15) is 56.2 Å². The van der Waals surface area contributed by atoms with E-state index in [-0.39, 0.29) is 23.8 Å². The number of likely N-dealkylation sites (tertiary alicyclic amines) is 1. The van der Waals surface area contributed by atoms with E-state index in [1.807, 2.05) is 11.9 Å². The quantitative estimate of drug-likeness (QED) is 0.837. The Morgan fingerprint density at radius 3 is 2.67 bits per heavy atom. The number of hydrogen-bond donors (Lipinski definition) is 1. The van der Waals surface area contributed by atoms with Crippen molar-refractivity contribution in [2.75, 3.05) is 33.2 Å². The Hall–Kier alpha value is -1.88. The number of piperidine rings is 1. The van der Waals surface area contributed by atoms with Gasteiger partial charge in [0.1, 0.15) is 0 Å². The van der Waals surface area contributed by atoms with Gasteiger partial charge in [0.25, 0.3) is 0 Å². The number of carbonyl (C=O) groups is 2. The summed E-state index contributed by atoms with van der Waals surface area (Å²) in [6, 6.07) is 8.71. The van der Waals surface area contributed by atoms with Crippen LogP contribution in [-0.4, -0.2) is 54.8 Å². The van der Waals surface area contributed by atoms with Crippen molar-refractivity contribution in [3.63, 3.8) is 0 Å². The largest absolute Gasteiger partial charge is 0.356 e. The fourth-order valence-electron chi connectivity index (χ4n) is 4.35. The van der Waals surface area contributed by atoms with Crippen molar-refractivity contribution < 1.29 is 9.59 Å². The van der Waals surface area contributed by atoms with Crippen LogP contribution in [0, 0.1) is 5.92 Å². The molecule has 1 aliphatic carbocycles. The topological polar surface area (TPSA) is 52.7 Å². The molecule has 148 valence electrons. The summed E-state index contributed by atoms with van der Waals surface area (Å²) in [7, 11) is 1.94. The van der Waals surface area contributed by atoms with Gasteiger partial charge < -0.3 is 10.2 Å². The number of fused-ring (bicyclic) bond motifs is 1. The summed E-state index contributed by atoms with van der Waals surface area (Å²) >= 11 is 0. The fourth-order valence-corrected chi connectivity index (χ4v) is 4.35. The zero-order valence-corrected chi connectivity index (χ0v) is 16.7. The van der Waals surface area contributed by atoms with Gasteiger partial charge in [0.2, 0.25) is 11.8 Å². The molecule has 27 heavy (non-hydrogen) atoms. The van der Waals surface area contributed by atoms with E-state index in [4.69, 9.17) is 0 Å². The van der Waals surface area contributed by atoms with E-state index < -0.39 is 0 Å². The number of benzene rings is 1. The second kappa shape index (κ2) is 9.36. The van der Waals surface area contributed by atoms with Crippen molar-refractivity contribution >= 4 is 11.8 Å². The Bertz CT molecular complexity index is 653. The van der Waals surface area contributed by atoms with Crippen LogP contribution in [0.5, 0.6) is 0 Å². The second-order valence-corrected chi connectivity index (χ2v) is 7.95. The number of likely N-dealkylation sites (N-methyl/N-ethyl adjacent to an activating group) is 1. The monoisotopic (exact) mass is 371 g/mol. The third-order valence-electron chi connectivity index (χ3n) is 6.07. The van der Waals surface area contributed by atoms with Crippen LogP contribution < -0.4 is 5.32 Å². The number of aryl methyl sites for hydroxylation is 1. The molecule has 3 rings (SSSR count). The van der Waals surface area contributed by atoms with Crippen LogP contribution in [0.3, 0.4) is 0 Å². The van der Waals surface area contributed by atoms with Crippen LogP contribution in [0.25, 0.3) is 0 Å². The molecule has 2 aliphatic rings. The van der Waals surface area contributed by atoms with Gasteiger partial charge in [-0.3, -0.25) is 14.5 Å². The van der Waals surface area contributed by atoms with Gasteiger partial charge in [0.05, 0.1) is 12.6 Å². The molecule has 0 aromatic heterocycles. The first-order chi connectivity index (χ1) is 13.1. The van der Waals surface area contributed by atoms with E-state index in [1.54, 1.807) is 0 Å². The van der Waals surface area contributed by atoms with Gasteiger partial charge in [-0.15, -0.1) is 0 Å². The van der Waals surface area contributed by atoms with E-state index in [0.29, 0.717) is 6.54 Å². The number of rotatable bonds is 6. The Morgan fingerprint density at radius 2 is 1.93 bits per heavy atom. The van der Waals surface area contributed by atoms with Gasteiger partial charge in [-0.05, 0) is 62.7 Å². The molecule has 1 aromatic rings. The van der Waals surface area contributed by atoms with E-state index in [0.717, 1.165) is 58.2 Å². The van der Waals surface area contributed by atoms with Crippen molar-refractivity contribution in [1.82, 2.24) is 15.1 Å². The molecule has 1 fully saturated rings. The summed E-state index contributed by atoms with van der Waals surface area (Å²) < 4.78 is 0. The average Bonchev–Trinajstić information content (AvgIpc) is 2.71. The number of nitrogens with one attached hydrogen (secondary N) is 1. The molecule has 0 bridgehead atoms. The van der Waals surface area contributed by atoms with Gasteiger partial charge in [-0.2, -0.15) is 0 Å². The standard InChI is InChI=1S/C22H33N3O2/c1-3-13-23-22(27)18-11-14-25(15-12-18)16-21(26)24(2)20-10-6-8-17-7-4-5-9-19(17)20/h4-5,7,9,18,20H,3,6,8,10-16H2,1-2H3,(H,23,27). The second-order valence-electron chi connectivity index (χ2n) is 7.95. The van der Waals surface area contributed by atoms with Crippen molar-refractivity contribution in [1.29, 1.82) is 0 Å². The highest BCUT2D eigenvalue weighted by molar-refractivity contribution is 5.79. The third-order valence-corrected chi connectivity index (χ3v) is 6.07. The highest BCUT2D eigenvalue weighted by atomic mass is 16.2. The van der Waals surface area contributed by atoms with Crippen LogP contribution in [-0.2, 0) is 16.0 Å². The zero-order chi connectivity index (χ0) is 19.2. The van der Waals surface area contributed by atoms with E-state index in [9.17, 15) is 9.59 Å². The molecule has 2 amide bonds. The molecule has 1 aliphatic heterocycles. The average molecular weight is 372 g/mol. The van der Waals surface area contributed by atoms with Crippen LogP contribution >= 0.6 is 0 Å². The maximum absolute atomic E-state index is 12.9. The van der Waals surface area contributed by atoms with Crippen molar-refractivity contribution in [3.8, 4) is 0 Å². The highest BCUT2D eigenvalue weighted by Crippen LogP contribution is 2.33. The smallest absolute Gasteiger partial charge is 0.237 e. The van der Waals surface area contributed by atoms with Gasteiger partial charge in [0.15, 0.2) is 0 Å². The van der Waals surface area contributed by atoms with Gasteiger partial charge in [-0.1, -0.05) is 31.2 Å². The van der Waals surface area contributed by atoms with Crippen LogP contribution in [0.2, 0.25) is 0 Å². The Balaban J connectivity index is 1.51. The van der Waals surface area contributed by atoms with Crippen LogP contribution in [0.15, 0.2) is 24.3 Å². The molecule has 0 radical (unpaired) electrons. The minimum Gasteiger partial charge on any atom is -0.356 e. The highest BCUT2D eigenvalue weighted by Gasteiger charge is 2.29. The molecule has 0 saturated carbocycles. The molecule has 1 aromatic carbocycles. The van der Waals surface area contributed by atoms with Gasteiger partial charge >= 0.3 is 0 Å². The molecule has 1 N–H and O–H groups in total. The summed E-state index contributed by atoms with van der Waals surface area (Å²) in [5, 5.41) is 3.00. The zero-order valence-electron chi connectivity index (χ0n) is 16.7. The molecular weight excluding hydrogens is 338 g/mol. The fraction of sp³-hybridized carbons (Fsp3) is 0.636. The molecule has 5 nitrogen and oxygen atoms in total. The maximum atomic E-state index is 12.9. The first-order valence-electron chi connectivity index (χ1n) is 10.4. The summed E-state index contributed by atoms with van der Waals surface area (Å²) in [6.45, 7) is 4.93. The normalized spacial score (nSPS) is 20.7. The lowest BCUT2D eigenvalue weighted by molar-refractivity contribution is -0.134. The van der Waals surface area contributed by atoms with Crippen molar-refractivity contribution in [2.24, 2.45) is 5.92 Å². The summed E-state index contributed by atoms with van der Waals surface area (Å²) in [5.41, 5.74) is 2.69. The SMILES string of the molecule is CCCNC(=O)C1CCN(CC(=O)N(C)C2CCCc3ccccc32)CC1. The summed E-state index contributed by atoms with van der Waals surface area (Å²) in [6.07, 6.45) is 5.95. The molecule has 0 spiro atoms. The Kier molecular flexibility index (Phi) is 6.89. The third kappa shape index (κ3) is 4.89. The lowest BCUT2D eigenvalue weighted by Gasteiger charge is -2.36. The molecule has 5 heteroatoms. The first-order valence-corrected chi connectivity index (χ1v) is 10.4. The predicted molar refractivity (Wildman–Crippen MR) is 107 cm³/mol. The Morgan fingerprint density at radius 1 is 1.19 bits per heavy atom. The summed E-state index contributed by atoms with van der Waals surface area (Å²) in [4.78, 5) is 29.1. The molecule has 1 saturated heterocycles. The molecular formula is C22H33N3O2. The van der Waals surface area contributed by atoms with Gasteiger partial charge in [0, 0.05) is 19.5 Å². The summed E-state index contributed by atoms with van der Waals surface area (Å²) in [5.74, 6) is 0.468.